The maximum absolute atomic E-state index is 12.1. The van der Waals surface area contributed by atoms with Gasteiger partial charge in [0.15, 0.2) is 0 Å². The monoisotopic (exact) mass is 392 g/mol. The van der Waals surface area contributed by atoms with E-state index in [1.54, 1.807) is 11.1 Å². The summed E-state index contributed by atoms with van der Waals surface area (Å²) in [7, 11) is 0. The van der Waals surface area contributed by atoms with E-state index in [1.807, 2.05) is 53.7 Å². The zero-order valence-electron chi connectivity index (χ0n) is 17.7. The van der Waals surface area contributed by atoms with Crippen LogP contribution in [0.1, 0.15) is 47.1 Å². The van der Waals surface area contributed by atoms with E-state index in [0.29, 0.717) is 32.7 Å². The molecule has 0 aliphatic carbocycles. The Bertz CT molecular complexity index is 669. The number of carbonyl (C=O) groups is 2. The van der Waals surface area contributed by atoms with E-state index in [0.717, 1.165) is 11.4 Å². The molecule has 1 fully saturated rings. The minimum atomic E-state index is -0.520. The molecule has 1 aliphatic rings. The van der Waals surface area contributed by atoms with Crippen LogP contribution in [0, 0.1) is 0 Å². The van der Waals surface area contributed by atoms with Crippen molar-refractivity contribution in [3.8, 4) is 0 Å². The molecule has 2 amide bonds. The maximum Gasteiger partial charge on any atom is 0.410 e. The third-order valence-electron chi connectivity index (χ3n) is 3.90. The van der Waals surface area contributed by atoms with Crippen molar-refractivity contribution in [2.75, 3.05) is 31.1 Å². The van der Waals surface area contributed by atoms with Crippen molar-refractivity contribution >= 4 is 18.0 Å². The highest BCUT2D eigenvalue weighted by Gasteiger charge is 2.26. The van der Waals surface area contributed by atoms with Crippen molar-refractivity contribution in [2.24, 2.45) is 0 Å². The molecule has 2 heterocycles. The molecule has 1 saturated heterocycles. The quantitative estimate of drug-likeness (QED) is 0.851. The van der Waals surface area contributed by atoms with Gasteiger partial charge in [0.1, 0.15) is 17.0 Å². The molecule has 0 aromatic carbocycles. The molecule has 28 heavy (non-hydrogen) atoms. The SMILES string of the molecule is CC(C)(C)OC(=O)NCc1ccc(N2CCN(C(=O)OC(C)(C)C)CC2)nc1. The summed E-state index contributed by atoms with van der Waals surface area (Å²) in [5.74, 6) is 0.852. The molecule has 0 bridgehead atoms. The number of anilines is 1. The molecule has 1 aromatic rings. The van der Waals surface area contributed by atoms with Crippen LogP contribution in [0.3, 0.4) is 0 Å². The lowest BCUT2D eigenvalue weighted by Gasteiger charge is -2.36. The summed E-state index contributed by atoms with van der Waals surface area (Å²) in [6, 6.07) is 3.86. The fraction of sp³-hybridized carbons (Fsp3) is 0.650. The number of nitrogens with one attached hydrogen (secondary N) is 1. The van der Waals surface area contributed by atoms with Gasteiger partial charge in [-0.1, -0.05) is 6.07 Å². The van der Waals surface area contributed by atoms with Gasteiger partial charge in [-0.25, -0.2) is 14.6 Å². The second-order valence-corrected chi connectivity index (χ2v) is 8.83. The van der Waals surface area contributed by atoms with Crippen LogP contribution in [0.25, 0.3) is 0 Å². The summed E-state index contributed by atoms with van der Waals surface area (Å²) in [5, 5.41) is 2.72. The van der Waals surface area contributed by atoms with Crippen LogP contribution in [0.4, 0.5) is 15.4 Å². The highest BCUT2D eigenvalue weighted by Crippen LogP contribution is 2.16. The van der Waals surface area contributed by atoms with Gasteiger partial charge in [-0.15, -0.1) is 0 Å². The number of ether oxygens (including phenoxy) is 2. The Morgan fingerprint density at radius 1 is 1.00 bits per heavy atom. The highest BCUT2D eigenvalue weighted by atomic mass is 16.6. The highest BCUT2D eigenvalue weighted by molar-refractivity contribution is 5.68. The van der Waals surface area contributed by atoms with E-state index in [-0.39, 0.29) is 6.09 Å². The van der Waals surface area contributed by atoms with Gasteiger partial charge < -0.3 is 24.6 Å². The van der Waals surface area contributed by atoms with Crippen LogP contribution in [-0.4, -0.2) is 59.5 Å². The van der Waals surface area contributed by atoms with E-state index >= 15 is 0 Å². The number of carbonyl (C=O) groups excluding carboxylic acids is 2. The van der Waals surface area contributed by atoms with Crippen LogP contribution in [0.5, 0.6) is 0 Å². The molecular formula is C20H32N4O4. The molecule has 1 aliphatic heterocycles. The topological polar surface area (TPSA) is 84.0 Å². The lowest BCUT2D eigenvalue weighted by Crippen LogP contribution is -2.50. The predicted octanol–water partition coefficient (Wildman–Crippen LogP) is 3.16. The van der Waals surface area contributed by atoms with Gasteiger partial charge in [-0.2, -0.15) is 0 Å². The maximum atomic E-state index is 12.1. The average Bonchev–Trinajstić information content (AvgIpc) is 2.58. The number of alkyl carbamates (subject to hydrolysis) is 1. The fourth-order valence-electron chi connectivity index (χ4n) is 2.64. The largest absolute Gasteiger partial charge is 0.444 e. The Labute approximate surface area is 167 Å². The molecule has 1 N–H and O–H groups in total. The number of piperazine rings is 1. The molecule has 0 radical (unpaired) electrons. The standard InChI is InChI=1S/C20H32N4O4/c1-19(2,3)27-17(25)22-14-15-7-8-16(21-13-15)23-9-11-24(12-10-23)18(26)28-20(4,5)6/h7-8,13H,9-12,14H2,1-6H3,(H,22,25). The molecule has 0 saturated carbocycles. The summed E-state index contributed by atoms with van der Waals surface area (Å²) in [4.78, 5) is 32.2. The van der Waals surface area contributed by atoms with Crippen molar-refractivity contribution in [1.82, 2.24) is 15.2 Å². The molecule has 0 spiro atoms. The number of pyridine rings is 1. The minimum absolute atomic E-state index is 0.274. The van der Waals surface area contributed by atoms with Gasteiger partial charge in [0, 0.05) is 38.9 Å². The molecule has 8 heteroatoms. The molecule has 0 unspecified atom stereocenters. The molecule has 8 nitrogen and oxygen atoms in total. The van der Waals surface area contributed by atoms with Crippen LogP contribution in [0.2, 0.25) is 0 Å². The summed E-state index contributed by atoms with van der Waals surface area (Å²) >= 11 is 0. The molecule has 0 atom stereocenters. The lowest BCUT2D eigenvalue weighted by atomic mass is 10.2. The smallest absolute Gasteiger partial charge is 0.410 e. The van der Waals surface area contributed by atoms with E-state index in [1.165, 1.54) is 0 Å². The van der Waals surface area contributed by atoms with Crippen molar-refractivity contribution < 1.29 is 19.1 Å². The third-order valence-corrected chi connectivity index (χ3v) is 3.90. The Hall–Kier alpha value is -2.51. The van der Waals surface area contributed by atoms with Gasteiger partial charge in [-0.3, -0.25) is 0 Å². The summed E-state index contributed by atoms with van der Waals surface area (Å²) in [5.41, 5.74) is -0.117. The normalized spacial score (nSPS) is 15.2. The number of aromatic nitrogens is 1. The number of amides is 2. The molecule has 156 valence electrons. The van der Waals surface area contributed by atoms with Gasteiger partial charge >= 0.3 is 12.2 Å². The first-order valence-corrected chi connectivity index (χ1v) is 9.58. The first-order chi connectivity index (χ1) is 12.9. The first-order valence-electron chi connectivity index (χ1n) is 9.58. The van der Waals surface area contributed by atoms with Gasteiger partial charge in [0.25, 0.3) is 0 Å². The van der Waals surface area contributed by atoms with Gasteiger partial charge in [-0.05, 0) is 53.2 Å². The Kier molecular flexibility index (Phi) is 6.74. The van der Waals surface area contributed by atoms with Crippen molar-refractivity contribution in [2.45, 2.75) is 59.3 Å². The first kappa shape index (κ1) is 21.8. The molecule has 1 aromatic heterocycles. The second-order valence-electron chi connectivity index (χ2n) is 8.83. The van der Waals surface area contributed by atoms with E-state index in [2.05, 4.69) is 15.2 Å². The van der Waals surface area contributed by atoms with E-state index < -0.39 is 17.3 Å². The molecule has 2 rings (SSSR count). The van der Waals surface area contributed by atoms with Crippen molar-refractivity contribution in [3.05, 3.63) is 23.9 Å². The van der Waals surface area contributed by atoms with E-state index in [9.17, 15) is 9.59 Å². The van der Waals surface area contributed by atoms with Crippen LogP contribution >= 0.6 is 0 Å². The van der Waals surface area contributed by atoms with E-state index in [4.69, 9.17) is 9.47 Å². The zero-order valence-corrected chi connectivity index (χ0v) is 17.7. The van der Waals surface area contributed by atoms with Crippen LogP contribution in [-0.2, 0) is 16.0 Å². The summed E-state index contributed by atoms with van der Waals surface area (Å²) < 4.78 is 10.6. The lowest BCUT2D eigenvalue weighted by molar-refractivity contribution is 0.0240. The summed E-state index contributed by atoms with van der Waals surface area (Å²) in [6.07, 6.45) is 1.02. The number of rotatable bonds is 3. The number of hydrogen-bond donors (Lipinski definition) is 1. The molecular weight excluding hydrogens is 360 g/mol. The summed E-state index contributed by atoms with van der Waals surface area (Å²) in [6.45, 7) is 14.0. The zero-order chi connectivity index (χ0) is 20.9. The average molecular weight is 393 g/mol. The van der Waals surface area contributed by atoms with Crippen molar-refractivity contribution in [3.63, 3.8) is 0 Å². The fourth-order valence-corrected chi connectivity index (χ4v) is 2.64. The Balaban J connectivity index is 1.81. The van der Waals surface area contributed by atoms with Gasteiger partial charge in [0.2, 0.25) is 0 Å². The van der Waals surface area contributed by atoms with Crippen LogP contribution < -0.4 is 10.2 Å². The third kappa shape index (κ3) is 7.25. The second kappa shape index (κ2) is 8.67. The van der Waals surface area contributed by atoms with Crippen LogP contribution in [0.15, 0.2) is 18.3 Å². The van der Waals surface area contributed by atoms with Crippen molar-refractivity contribution in [1.29, 1.82) is 0 Å². The number of nitrogens with zero attached hydrogens (tertiary/aromatic N) is 3. The predicted molar refractivity (Wildman–Crippen MR) is 107 cm³/mol. The minimum Gasteiger partial charge on any atom is -0.444 e. The Morgan fingerprint density at radius 2 is 1.61 bits per heavy atom. The number of hydrogen-bond acceptors (Lipinski definition) is 6. The van der Waals surface area contributed by atoms with Gasteiger partial charge in [0.05, 0.1) is 0 Å². The Morgan fingerprint density at radius 3 is 2.11 bits per heavy atom.